The number of carboxylic acid groups (broad SMARTS) is 1. The standard InChI is InChI=1S/C25H29NO6/c1-15-6-4-7-18(23(15)25(27)28)13-29-19-8-5-9-20(12-19)30-14-21-17(3)32-24(26-21)22-11-10-16(2)31-22/h4,6-7,10-11,19-20H,5,8-9,12-14H2,1-3H3,(H,27,28)/t19?,20-/m0/s1. The summed E-state index contributed by atoms with van der Waals surface area (Å²) >= 11 is 0. The second-order valence-corrected chi connectivity index (χ2v) is 8.38. The lowest BCUT2D eigenvalue weighted by atomic mass is 9.94. The zero-order valence-corrected chi connectivity index (χ0v) is 18.7. The average Bonchev–Trinajstić information content (AvgIpc) is 3.36. The molecule has 7 heteroatoms. The van der Waals surface area contributed by atoms with Crippen molar-refractivity contribution < 1.29 is 28.2 Å². The summed E-state index contributed by atoms with van der Waals surface area (Å²) in [5.74, 6) is 1.69. The summed E-state index contributed by atoms with van der Waals surface area (Å²) in [6.45, 7) is 6.22. The van der Waals surface area contributed by atoms with Crippen LogP contribution >= 0.6 is 0 Å². The second kappa shape index (κ2) is 9.71. The number of carboxylic acids is 1. The molecule has 7 nitrogen and oxygen atoms in total. The number of aromatic nitrogens is 1. The van der Waals surface area contributed by atoms with Crippen molar-refractivity contribution >= 4 is 5.97 Å². The first-order chi connectivity index (χ1) is 15.4. The van der Waals surface area contributed by atoms with Gasteiger partial charge in [-0.1, -0.05) is 18.2 Å². The van der Waals surface area contributed by atoms with E-state index in [0.29, 0.717) is 29.4 Å². The molecule has 2 heterocycles. The number of carbonyl (C=O) groups is 1. The first-order valence-corrected chi connectivity index (χ1v) is 11.0. The Labute approximate surface area is 187 Å². The first kappa shape index (κ1) is 22.3. The van der Waals surface area contributed by atoms with Gasteiger partial charge in [-0.2, -0.15) is 0 Å². The lowest BCUT2D eigenvalue weighted by Crippen LogP contribution is -2.28. The number of ether oxygens (including phenoxy) is 2. The maximum Gasteiger partial charge on any atom is 0.336 e. The van der Waals surface area contributed by atoms with Gasteiger partial charge in [0.25, 0.3) is 5.89 Å². The number of hydrogen-bond acceptors (Lipinski definition) is 6. The molecule has 1 aliphatic carbocycles. The molecule has 0 bridgehead atoms. The van der Waals surface area contributed by atoms with E-state index in [1.54, 1.807) is 0 Å². The summed E-state index contributed by atoms with van der Waals surface area (Å²) in [7, 11) is 0. The largest absolute Gasteiger partial charge is 0.478 e. The zero-order valence-electron chi connectivity index (χ0n) is 18.7. The number of aromatic carboxylic acids is 1. The minimum Gasteiger partial charge on any atom is -0.478 e. The Balaban J connectivity index is 1.32. The highest BCUT2D eigenvalue weighted by Gasteiger charge is 2.25. The Kier molecular flexibility index (Phi) is 6.77. The van der Waals surface area contributed by atoms with E-state index >= 15 is 0 Å². The maximum absolute atomic E-state index is 11.6. The van der Waals surface area contributed by atoms with E-state index < -0.39 is 5.97 Å². The molecule has 32 heavy (non-hydrogen) atoms. The van der Waals surface area contributed by atoms with Crippen LogP contribution in [0.3, 0.4) is 0 Å². The number of oxazole rings is 1. The molecule has 1 fully saturated rings. The van der Waals surface area contributed by atoms with Crippen molar-refractivity contribution in [2.45, 2.75) is 71.9 Å². The Morgan fingerprint density at radius 3 is 2.50 bits per heavy atom. The molecule has 0 spiro atoms. The van der Waals surface area contributed by atoms with Crippen molar-refractivity contribution in [3.05, 3.63) is 64.2 Å². The van der Waals surface area contributed by atoms with Gasteiger partial charge < -0.3 is 23.4 Å². The molecule has 170 valence electrons. The van der Waals surface area contributed by atoms with Crippen LogP contribution in [-0.2, 0) is 22.7 Å². The number of nitrogens with zero attached hydrogens (tertiary/aromatic N) is 1. The molecule has 0 saturated heterocycles. The molecule has 1 saturated carbocycles. The lowest BCUT2D eigenvalue weighted by Gasteiger charge is -2.29. The van der Waals surface area contributed by atoms with Gasteiger partial charge in [-0.15, -0.1) is 0 Å². The molecule has 1 aliphatic rings. The predicted molar refractivity (Wildman–Crippen MR) is 117 cm³/mol. The summed E-state index contributed by atoms with van der Waals surface area (Å²) in [5.41, 5.74) is 2.55. The van der Waals surface area contributed by atoms with E-state index in [1.165, 1.54) is 0 Å². The van der Waals surface area contributed by atoms with E-state index in [1.807, 2.05) is 51.1 Å². The van der Waals surface area contributed by atoms with Gasteiger partial charge in [-0.3, -0.25) is 0 Å². The summed E-state index contributed by atoms with van der Waals surface area (Å²) in [6, 6.07) is 9.22. The van der Waals surface area contributed by atoms with Gasteiger partial charge in [-0.05, 0) is 69.7 Å². The molecule has 4 rings (SSSR count). The number of benzene rings is 1. The van der Waals surface area contributed by atoms with E-state index in [9.17, 15) is 9.90 Å². The molecule has 1 aromatic carbocycles. The van der Waals surface area contributed by atoms with Crippen molar-refractivity contribution in [3.63, 3.8) is 0 Å². The SMILES string of the molecule is Cc1ccc(-c2nc(CO[C@H]3CCCC(OCc4cccc(C)c4C(=O)O)C3)c(C)o2)o1. The van der Waals surface area contributed by atoms with Crippen LogP contribution in [0, 0.1) is 20.8 Å². The second-order valence-electron chi connectivity index (χ2n) is 8.38. The minimum absolute atomic E-state index is 0.0379. The van der Waals surface area contributed by atoms with Gasteiger partial charge in [0, 0.05) is 0 Å². The molecule has 1 N–H and O–H groups in total. The molecule has 0 aliphatic heterocycles. The summed E-state index contributed by atoms with van der Waals surface area (Å²) in [5, 5.41) is 9.51. The molecule has 1 unspecified atom stereocenters. The third-order valence-electron chi connectivity index (χ3n) is 5.93. The summed E-state index contributed by atoms with van der Waals surface area (Å²) in [4.78, 5) is 16.1. The maximum atomic E-state index is 11.6. The fraction of sp³-hybridized carbons (Fsp3) is 0.440. The number of rotatable bonds is 8. The van der Waals surface area contributed by atoms with Crippen LogP contribution < -0.4 is 0 Å². The van der Waals surface area contributed by atoms with Gasteiger partial charge >= 0.3 is 5.97 Å². The third kappa shape index (κ3) is 5.11. The van der Waals surface area contributed by atoms with Crippen molar-refractivity contribution in [2.75, 3.05) is 0 Å². The van der Waals surface area contributed by atoms with Gasteiger partial charge in [0.15, 0.2) is 5.76 Å². The topological polar surface area (TPSA) is 94.9 Å². The Morgan fingerprint density at radius 2 is 1.81 bits per heavy atom. The number of furan rings is 1. The van der Waals surface area contributed by atoms with Crippen LogP contribution in [0.25, 0.3) is 11.7 Å². The number of aryl methyl sites for hydroxylation is 3. The van der Waals surface area contributed by atoms with Crippen LogP contribution in [0.2, 0.25) is 0 Å². The molecular formula is C25H29NO6. The number of hydrogen-bond donors (Lipinski definition) is 1. The van der Waals surface area contributed by atoms with Crippen LogP contribution in [-0.4, -0.2) is 28.3 Å². The lowest BCUT2D eigenvalue weighted by molar-refractivity contribution is -0.0564. The van der Waals surface area contributed by atoms with Crippen molar-refractivity contribution in [3.8, 4) is 11.7 Å². The average molecular weight is 440 g/mol. The quantitative estimate of drug-likeness (QED) is 0.488. The van der Waals surface area contributed by atoms with Crippen LogP contribution in [0.15, 0.2) is 39.2 Å². The van der Waals surface area contributed by atoms with E-state index in [4.69, 9.17) is 18.3 Å². The highest BCUT2D eigenvalue weighted by Crippen LogP contribution is 2.28. The molecule has 2 atom stereocenters. The highest BCUT2D eigenvalue weighted by atomic mass is 16.5. The van der Waals surface area contributed by atoms with Crippen LogP contribution in [0.4, 0.5) is 0 Å². The summed E-state index contributed by atoms with van der Waals surface area (Å²) < 4.78 is 23.6. The molecule has 0 radical (unpaired) electrons. The van der Waals surface area contributed by atoms with Crippen LogP contribution in [0.1, 0.15) is 64.4 Å². The highest BCUT2D eigenvalue weighted by molar-refractivity contribution is 5.91. The first-order valence-electron chi connectivity index (χ1n) is 11.0. The fourth-order valence-corrected chi connectivity index (χ4v) is 4.18. The zero-order chi connectivity index (χ0) is 22.7. The van der Waals surface area contributed by atoms with E-state index in [0.717, 1.165) is 48.5 Å². The fourth-order valence-electron chi connectivity index (χ4n) is 4.18. The van der Waals surface area contributed by atoms with E-state index in [-0.39, 0.29) is 18.8 Å². The van der Waals surface area contributed by atoms with E-state index in [2.05, 4.69) is 4.98 Å². The Morgan fingerprint density at radius 1 is 1.06 bits per heavy atom. The Bertz CT molecular complexity index is 1080. The molecular weight excluding hydrogens is 410 g/mol. The summed E-state index contributed by atoms with van der Waals surface area (Å²) in [6.07, 6.45) is 3.79. The van der Waals surface area contributed by atoms with Gasteiger partial charge in [0.1, 0.15) is 17.2 Å². The molecule has 2 aromatic heterocycles. The van der Waals surface area contributed by atoms with Crippen molar-refractivity contribution in [2.24, 2.45) is 0 Å². The molecule has 3 aromatic rings. The van der Waals surface area contributed by atoms with Crippen LogP contribution in [0.5, 0.6) is 0 Å². The Hall–Kier alpha value is -2.90. The van der Waals surface area contributed by atoms with Crippen molar-refractivity contribution in [1.29, 1.82) is 0 Å². The van der Waals surface area contributed by atoms with Gasteiger partial charge in [0.2, 0.25) is 0 Å². The van der Waals surface area contributed by atoms with Gasteiger partial charge in [0.05, 0.1) is 31.0 Å². The van der Waals surface area contributed by atoms with Crippen molar-refractivity contribution in [1.82, 2.24) is 4.98 Å². The smallest absolute Gasteiger partial charge is 0.336 e. The normalized spacial score (nSPS) is 18.7. The van der Waals surface area contributed by atoms with Gasteiger partial charge in [-0.25, -0.2) is 9.78 Å². The molecule has 0 amide bonds. The minimum atomic E-state index is -0.918. The predicted octanol–water partition coefficient (Wildman–Crippen LogP) is 5.60. The third-order valence-corrected chi connectivity index (χ3v) is 5.93. The monoisotopic (exact) mass is 439 g/mol.